The Bertz CT molecular complexity index is 1080. The Morgan fingerprint density at radius 2 is 1.77 bits per heavy atom. The number of hydrogen-bond acceptors (Lipinski definition) is 3. The highest BCUT2D eigenvalue weighted by Crippen LogP contribution is 2.21. The Morgan fingerprint density at radius 3 is 2.65 bits per heavy atom. The van der Waals surface area contributed by atoms with Crippen LogP contribution in [0.25, 0.3) is 23.1 Å². The number of nitrogens with one attached hydrogen (secondary N) is 1. The molecule has 126 valence electrons. The van der Waals surface area contributed by atoms with E-state index in [0.717, 1.165) is 22.6 Å². The van der Waals surface area contributed by atoms with Crippen molar-refractivity contribution >= 4 is 23.3 Å². The number of aromatic nitrogens is 3. The molecule has 0 aliphatic rings. The number of anilines is 1. The van der Waals surface area contributed by atoms with E-state index in [-0.39, 0.29) is 5.91 Å². The summed E-state index contributed by atoms with van der Waals surface area (Å²) in [6, 6.07) is 23.0. The Morgan fingerprint density at radius 1 is 0.923 bits per heavy atom. The molecule has 5 nitrogen and oxygen atoms in total. The van der Waals surface area contributed by atoms with Crippen molar-refractivity contribution in [2.75, 3.05) is 5.32 Å². The van der Waals surface area contributed by atoms with Gasteiger partial charge >= 0.3 is 0 Å². The molecule has 0 bridgehead atoms. The molecule has 0 fully saturated rings. The largest absolute Gasteiger partial charge is 0.322 e. The predicted octanol–water partition coefficient (Wildman–Crippen LogP) is 4.05. The number of pyridine rings is 1. The average Bonchev–Trinajstić information content (AvgIpc) is 3.12. The van der Waals surface area contributed by atoms with E-state index < -0.39 is 0 Å². The Kier molecular flexibility index (Phi) is 4.26. The highest BCUT2D eigenvalue weighted by Gasteiger charge is 2.08. The fourth-order valence-corrected chi connectivity index (χ4v) is 2.69. The molecule has 1 amide bonds. The standard InChI is InChI=1S/C21H16N4O/c26-20(13-12-16-7-2-1-3-8-16)22-18-10-6-9-17(15-18)21-24-23-19-11-4-5-14-25(19)21/h1-15H,(H,22,26)/b13-12+. The summed E-state index contributed by atoms with van der Waals surface area (Å²) in [6.45, 7) is 0. The van der Waals surface area contributed by atoms with E-state index in [1.54, 1.807) is 6.08 Å². The van der Waals surface area contributed by atoms with E-state index in [9.17, 15) is 4.79 Å². The second-order valence-corrected chi connectivity index (χ2v) is 5.77. The van der Waals surface area contributed by atoms with Crippen LogP contribution in [0.3, 0.4) is 0 Å². The molecule has 0 atom stereocenters. The first-order chi connectivity index (χ1) is 12.8. The normalized spacial score (nSPS) is 11.1. The maximum Gasteiger partial charge on any atom is 0.248 e. The van der Waals surface area contributed by atoms with E-state index in [2.05, 4.69) is 15.5 Å². The van der Waals surface area contributed by atoms with Gasteiger partial charge in [-0.3, -0.25) is 9.20 Å². The minimum atomic E-state index is -0.183. The van der Waals surface area contributed by atoms with Crippen LogP contribution >= 0.6 is 0 Å². The van der Waals surface area contributed by atoms with Crippen LogP contribution in [0.5, 0.6) is 0 Å². The fourth-order valence-electron chi connectivity index (χ4n) is 2.69. The Balaban J connectivity index is 1.54. The topological polar surface area (TPSA) is 59.3 Å². The van der Waals surface area contributed by atoms with E-state index in [0.29, 0.717) is 5.69 Å². The van der Waals surface area contributed by atoms with Crippen LogP contribution in [0.4, 0.5) is 5.69 Å². The number of carbonyl (C=O) groups is 1. The highest BCUT2D eigenvalue weighted by molar-refractivity contribution is 6.02. The molecule has 26 heavy (non-hydrogen) atoms. The molecule has 0 saturated heterocycles. The Hall–Kier alpha value is -3.73. The van der Waals surface area contributed by atoms with Crippen molar-refractivity contribution in [3.05, 3.63) is 90.6 Å². The van der Waals surface area contributed by atoms with Crippen LogP contribution in [0.2, 0.25) is 0 Å². The van der Waals surface area contributed by atoms with Gasteiger partial charge in [0.25, 0.3) is 0 Å². The minimum absolute atomic E-state index is 0.183. The third-order valence-electron chi connectivity index (χ3n) is 3.93. The lowest BCUT2D eigenvalue weighted by molar-refractivity contribution is -0.111. The van der Waals surface area contributed by atoms with Gasteiger partial charge in [-0.25, -0.2) is 0 Å². The van der Waals surface area contributed by atoms with Crippen molar-refractivity contribution < 1.29 is 4.79 Å². The lowest BCUT2D eigenvalue weighted by Gasteiger charge is -2.05. The molecule has 0 aliphatic carbocycles. The molecule has 2 heterocycles. The first-order valence-electron chi connectivity index (χ1n) is 8.24. The molecule has 0 radical (unpaired) electrons. The van der Waals surface area contributed by atoms with Crippen LogP contribution < -0.4 is 5.32 Å². The number of carbonyl (C=O) groups excluding carboxylic acids is 1. The summed E-state index contributed by atoms with van der Waals surface area (Å²) in [7, 11) is 0. The maximum absolute atomic E-state index is 12.2. The average molecular weight is 340 g/mol. The summed E-state index contributed by atoms with van der Waals surface area (Å²) in [4.78, 5) is 12.2. The number of fused-ring (bicyclic) bond motifs is 1. The van der Waals surface area contributed by atoms with Crippen molar-refractivity contribution in [1.82, 2.24) is 14.6 Å². The first-order valence-corrected chi connectivity index (χ1v) is 8.24. The molecule has 0 saturated carbocycles. The molecule has 2 aromatic heterocycles. The first kappa shape index (κ1) is 15.8. The molecule has 2 aromatic carbocycles. The summed E-state index contributed by atoms with van der Waals surface area (Å²) < 4.78 is 1.91. The summed E-state index contributed by atoms with van der Waals surface area (Å²) in [5.41, 5.74) is 3.35. The molecule has 5 heteroatoms. The van der Waals surface area contributed by atoms with Gasteiger partial charge in [-0.15, -0.1) is 10.2 Å². The quantitative estimate of drug-likeness (QED) is 0.570. The second kappa shape index (κ2) is 7.03. The van der Waals surface area contributed by atoms with Crippen molar-refractivity contribution in [3.8, 4) is 11.4 Å². The SMILES string of the molecule is O=C(/C=C/c1ccccc1)Nc1cccc(-c2nnc3ccccn23)c1. The molecule has 0 aliphatic heterocycles. The second-order valence-electron chi connectivity index (χ2n) is 5.77. The maximum atomic E-state index is 12.2. The van der Waals surface area contributed by atoms with E-state index in [1.807, 2.05) is 83.4 Å². The van der Waals surface area contributed by atoms with Crippen LogP contribution in [0.1, 0.15) is 5.56 Å². The van der Waals surface area contributed by atoms with Gasteiger partial charge in [0.1, 0.15) is 0 Å². The Labute approximate surface area is 150 Å². The van der Waals surface area contributed by atoms with Gasteiger partial charge in [-0.1, -0.05) is 48.5 Å². The van der Waals surface area contributed by atoms with Crippen LogP contribution in [-0.4, -0.2) is 20.5 Å². The third-order valence-corrected chi connectivity index (χ3v) is 3.93. The lowest BCUT2D eigenvalue weighted by Crippen LogP contribution is -2.07. The molecule has 1 N–H and O–H groups in total. The summed E-state index contributed by atoms with van der Waals surface area (Å²) in [5.74, 6) is 0.550. The van der Waals surface area contributed by atoms with Gasteiger partial charge in [-0.05, 0) is 35.9 Å². The summed E-state index contributed by atoms with van der Waals surface area (Å²) >= 11 is 0. The van der Waals surface area contributed by atoms with Crippen molar-refractivity contribution in [2.24, 2.45) is 0 Å². The molecule has 4 rings (SSSR count). The van der Waals surface area contributed by atoms with E-state index >= 15 is 0 Å². The zero-order valence-electron chi connectivity index (χ0n) is 13.9. The molecule has 4 aromatic rings. The fraction of sp³-hybridized carbons (Fsp3) is 0. The van der Waals surface area contributed by atoms with Gasteiger partial charge in [0.2, 0.25) is 5.91 Å². The van der Waals surface area contributed by atoms with Gasteiger partial charge in [-0.2, -0.15) is 0 Å². The van der Waals surface area contributed by atoms with E-state index in [1.165, 1.54) is 6.08 Å². The predicted molar refractivity (Wildman–Crippen MR) is 103 cm³/mol. The third kappa shape index (κ3) is 3.37. The number of benzene rings is 2. The number of rotatable bonds is 4. The monoisotopic (exact) mass is 340 g/mol. The molecule has 0 unspecified atom stereocenters. The van der Waals surface area contributed by atoms with Gasteiger partial charge in [0.05, 0.1) is 0 Å². The molecular formula is C21H16N4O. The lowest BCUT2D eigenvalue weighted by atomic mass is 10.2. The minimum Gasteiger partial charge on any atom is -0.322 e. The van der Waals surface area contributed by atoms with Crippen molar-refractivity contribution in [2.45, 2.75) is 0 Å². The molecule has 0 spiro atoms. The number of hydrogen-bond donors (Lipinski definition) is 1. The number of amides is 1. The summed E-state index contributed by atoms with van der Waals surface area (Å²) in [6.07, 6.45) is 5.22. The smallest absolute Gasteiger partial charge is 0.248 e. The number of nitrogens with zero attached hydrogens (tertiary/aromatic N) is 3. The molecular weight excluding hydrogens is 324 g/mol. The van der Waals surface area contributed by atoms with Gasteiger partial charge < -0.3 is 5.32 Å². The van der Waals surface area contributed by atoms with Crippen LogP contribution in [0, 0.1) is 0 Å². The zero-order valence-corrected chi connectivity index (χ0v) is 13.9. The highest BCUT2D eigenvalue weighted by atomic mass is 16.1. The summed E-state index contributed by atoms with van der Waals surface area (Å²) in [5, 5.41) is 11.3. The van der Waals surface area contributed by atoms with Gasteiger partial charge in [0, 0.05) is 23.5 Å². The van der Waals surface area contributed by atoms with Gasteiger partial charge in [0.15, 0.2) is 11.5 Å². The van der Waals surface area contributed by atoms with E-state index in [4.69, 9.17) is 0 Å². The van der Waals surface area contributed by atoms with Crippen molar-refractivity contribution in [3.63, 3.8) is 0 Å². The van der Waals surface area contributed by atoms with Crippen LogP contribution in [-0.2, 0) is 4.79 Å². The van der Waals surface area contributed by atoms with Crippen LogP contribution in [0.15, 0.2) is 85.1 Å². The van der Waals surface area contributed by atoms with Crippen molar-refractivity contribution in [1.29, 1.82) is 0 Å². The zero-order chi connectivity index (χ0) is 17.8.